The molecule has 32 heavy (non-hydrogen) atoms. The van der Waals surface area contributed by atoms with Gasteiger partial charge in [0.15, 0.2) is 0 Å². The number of ether oxygens (including phenoxy) is 1. The quantitative estimate of drug-likeness (QED) is 0.475. The van der Waals surface area contributed by atoms with Gasteiger partial charge in [-0.05, 0) is 35.6 Å². The van der Waals surface area contributed by atoms with Crippen LogP contribution in [0.1, 0.15) is 43.7 Å². The van der Waals surface area contributed by atoms with Crippen molar-refractivity contribution in [1.82, 2.24) is 10.6 Å². The highest BCUT2D eigenvalue weighted by molar-refractivity contribution is 5.92. The lowest BCUT2D eigenvalue weighted by molar-refractivity contribution is -0.144. The van der Waals surface area contributed by atoms with Crippen LogP contribution in [0, 0.1) is 0 Å². The molecule has 2 unspecified atom stereocenters. The number of aliphatic hydroxyl groups excluding tert-OH is 1. The van der Waals surface area contributed by atoms with E-state index >= 15 is 0 Å². The second kappa shape index (κ2) is 9.82. The number of carboxylic acid groups (broad SMARTS) is 1. The summed E-state index contributed by atoms with van der Waals surface area (Å²) in [6, 6.07) is 14.5. The maximum Gasteiger partial charge on any atom is 0.408 e. The molecule has 0 aliphatic heterocycles. The van der Waals surface area contributed by atoms with Gasteiger partial charge in [-0.15, -0.1) is 0 Å². The molecule has 4 N–H and O–H groups in total. The van der Waals surface area contributed by atoms with Crippen LogP contribution >= 0.6 is 0 Å². The zero-order valence-electron chi connectivity index (χ0n) is 18.1. The first kappa shape index (κ1) is 23.3. The van der Waals surface area contributed by atoms with Gasteiger partial charge in [0.25, 0.3) is 0 Å². The number of carbonyl (C=O) groups excluding carboxylic acids is 2. The lowest BCUT2D eigenvalue weighted by Gasteiger charge is -2.30. The van der Waals surface area contributed by atoms with Gasteiger partial charge in [-0.2, -0.15) is 0 Å². The topological polar surface area (TPSA) is 125 Å². The minimum atomic E-state index is -1.46. The van der Waals surface area contributed by atoms with E-state index in [1.54, 1.807) is 0 Å². The summed E-state index contributed by atoms with van der Waals surface area (Å²) in [5.74, 6) is -2.18. The van der Waals surface area contributed by atoms with Gasteiger partial charge in [0, 0.05) is 5.92 Å². The van der Waals surface area contributed by atoms with Gasteiger partial charge < -0.3 is 25.6 Å². The molecule has 2 aromatic carbocycles. The van der Waals surface area contributed by atoms with Gasteiger partial charge in [0.2, 0.25) is 5.91 Å². The number of fused-ring (bicyclic) bond motifs is 3. The molecular formula is C24H28N2O6. The van der Waals surface area contributed by atoms with Crippen LogP contribution in [0.4, 0.5) is 4.79 Å². The van der Waals surface area contributed by atoms with Crippen LogP contribution in [0.15, 0.2) is 48.5 Å². The molecule has 0 heterocycles. The Labute approximate surface area is 186 Å². The third-order valence-electron chi connectivity index (χ3n) is 5.76. The van der Waals surface area contributed by atoms with E-state index in [1.165, 1.54) is 6.92 Å². The monoisotopic (exact) mass is 440 g/mol. The number of alkyl carbamates (subject to hydrolysis) is 1. The SMILES string of the molecule is CCCC(C)(NC(=O)OCC1c2ccccc2-c2ccccc21)C(=O)NC(CO)C(=O)O. The van der Waals surface area contributed by atoms with Crippen molar-refractivity contribution in [3.63, 3.8) is 0 Å². The summed E-state index contributed by atoms with van der Waals surface area (Å²) in [4.78, 5) is 36.5. The number of amides is 2. The molecule has 0 bridgehead atoms. The van der Waals surface area contributed by atoms with Crippen LogP contribution in [-0.2, 0) is 14.3 Å². The summed E-state index contributed by atoms with van der Waals surface area (Å²) in [7, 11) is 0. The molecule has 3 rings (SSSR count). The lowest BCUT2D eigenvalue weighted by Crippen LogP contribution is -2.60. The van der Waals surface area contributed by atoms with Crippen LogP contribution in [0.3, 0.4) is 0 Å². The molecule has 2 amide bonds. The summed E-state index contributed by atoms with van der Waals surface area (Å²) >= 11 is 0. The first-order valence-electron chi connectivity index (χ1n) is 10.6. The maximum atomic E-state index is 12.7. The van der Waals surface area contributed by atoms with E-state index in [2.05, 4.69) is 10.6 Å². The molecule has 0 radical (unpaired) electrons. The van der Waals surface area contributed by atoms with E-state index in [1.807, 2.05) is 55.5 Å². The molecule has 0 saturated heterocycles. The minimum absolute atomic E-state index is 0.0953. The first-order valence-corrected chi connectivity index (χ1v) is 10.6. The number of rotatable bonds is 9. The Morgan fingerprint density at radius 3 is 2.12 bits per heavy atom. The summed E-state index contributed by atoms with van der Waals surface area (Å²) in [6.07, 6.45) is 0.0550. The van der Waals surface area contributed by atoms with Gasteiger partial charge in [0.1, 0.15) is 18.2 Å². The highest BCUT2D eigenvalue weighted by Crippen LogP contribution is 2.44. The van der Waals surface area contributed by atoms with E-state index in [4.69, 9.17) is 9.84 Å². The predicted molar refractivity (Wildman–Crippen MR) is 118 cm³/mol. The van der Waals surface area contributed by atoms with Crippen LogP contribution in [0.2, 0.25) is 0 Å². The summed E-state index contributed by atoms with van der Waals surface area (Å²) < 4.78 is 5.51. The number of hydrogen-bond donors (Lipinski definition) is 4. The Kier molecular flexibility index (Phi) is 7.15. The van der Waals surface area contributed by atoms with Crippen molar-refractivity contribution in [2.24, 2.45) is 0 Å². The number of aliphatic hydroxyl groups is 1. The number of nitrogens with one attached hydrogen (secondary N) is 2. The summed E-state index contributed by atoms with van der Waals surface area (Å²) in [6.45, 7) is 2.68. The zero-order valence-corrected chi connectivity index (χ0v) is 18.1. The molecule has 0 aromatic heterocycles. The molecule has 1 aliphatic carbocycles. The maximum absolute atomic E-state index is 12.7. The number of aliphatic carboxylic acids is 1. The number of carboxylic acids is 1. The molecule has 0 saturated carbocycles. The van der Waals surface area contributed by atoms with Crippen LogP contribution in [-0.4, -0.2) is 53.0 Å². The second-order valence-electron chi connectivity index (χ2n) is 8.08. The third-order valence-corrected chi connectivity index (χ3v) is 5.76. The van der Waals surface area contributed by atoms with E-state index in [0.29, 0.717) is 6.42 Å². The lowest BCUT2D eigenvalue weighted by atomic mass is 9.94. The fourth-order valence-electron chi connectivity index (χ4n) is 4.10. The van der Waals surface area contributed by atoms with Crippen molar-refractivity contribution in [3.05, 3.63) is 59.7 Å². The molecular weight excluding hydrogens is 412 g/mol. The van der Waals surface area contributed by atoms with Crippen molar-refractivity contribution < 1.29 is 29.3 Å². The molecule has 2 aromatic rings. The molecule has 8 nitrogen and oxygen atoms in total. The first-order chi connectivity index (χ1) is 15.3. The van der Waals surface area contributed by atoms with E-state index < -0.39 is 36.2 Å². The highest BCUT2D eigenvalue weighted by atomic mass is 16.5. The standard InChI is InChI=1S/C24H28N2O6/c1-3-12-24(2,22(30)25-20(13-27)21(28)29)26-23(31)32-14-19-17-10-6-4-8-15(17)16-9-5-7-11-18(16)19/h4-11,19-20,27H,3,12-14H2,1-2H3,(H,25,30)(H,26,31)(H,28,29). The zero-order chi connectivity index (χ0) is 23.3. The van der Waals surface area contributed by atoms with Crippen molar-refractivity contribution in [1.29, 1.82) is 0 Å². The van der Waals surface area contributed by atoms with Crippen LogP contribution in [0.5, 0.6) is 0 Å². The Bertz CT molecular complexity index is 962. The minimum Gasteiger partial charge on any atom is -0.480 e. The summed E-state index contributed by atoms with van der Waals surface area (Å²) in [5, 5.41) is 23.1. The smallest absolute Gasteiger partial charge is 0.408 e. The molecule has 8 heteroatoms. The second-order valence-corrected chi connectivity index (χ2v) is 8.08. The predicted octanol–water partition coefficient (Wildman–Crippen LogP) is 2.65. The van der Waals surface area contributed by atoms with Gasteiger partial charge in [0.05, 0.1) is 6.61 Å². The van der Waals surface area contributed by atoms with Gasteiger partial charge in [-0.25, -0.2) is 9.59 Å². The Hall–Kier alpha value is -3.39. The Balaban J connectivity index is 1.70. The van der Waals surface area contributed by atoms with Crippen molar-refractivity contribution in [2.75, 3.05) is 13.2 Å². The molecule has 170 valence electrons. The largest absolute Gasteiger partial charge is 0.480 e. The molecule has 0 spiro atoms. The van der Waals surface area contributed by atoms with Crippen LogP contribution < -0.4 is 10.6 Å². The normalized spacial score (nSPS) is 15.1. The highest BCUT2D eigenvalue weighted by Gasteiger charge is 2.37. The van der Waals surface area contributed by atoms with Gasteiger partial charge in [-0.3, -0.25) is 4.79 Å². The van der Waals surface area contributed by atoms with E-state index in [9.17, 15) is 19.5 Å². The van der Waals surface area contributed by atoms with E-state index in [0.717, 1.165) is 22.3 Å². The Morgan fingerprint density at radius 1 is 1.06 bits per heavy atom. The molecule has 2 atom stereocenters. The van der Waals surface area contributed by atoms with E-state index in [-0.39, 0.29) is 18.9 Å². The summed E-state index contributed by atoms with van der Waals surface area (Å²) in [5.41, 5.74) is 2.97. The van der Waals surface area contributed by atoms with Crippen molar-refractivity contribution in [2.45, 2.75) is 44.2 Å². The third kappa shape index (κ3) is 4.75. The van der Waals surface area contributed by atoms with Gasteiger partial charge in [-0.1, -0.05) is 61.9 Å². The van der Waals surface area contributed by atoms with Crippen LogP contribution in [0.25, 0.3) is 11.1 Å². The van der Waals surface area contributed by atoms with Crippen molar-refractivity contribution in [3.8, 4) is 11.1 Å². The number of benzene rings is 2. The average Bonchev–Trinajstić information content (AvgIpc) is 3.09. The fraction of sp³-hybridized carbons (Fsp3) is 0.375. The average molecular weight is 440 g/mol. The van der Waals surface area contributed by atoms with Crippen molar-refractivity contribution >= 4 is 18.0 Å². The van der Waals surface area contributed by atoms with Gasteiger partial charge >= 0.3 is 12.1 Å². The molecule has 1 aliphatic rings. The fourth-order valence-corrected chi connectivity index (χ4v) is 4.10. The number of hydrogen-bond acceptors (Lipinski definition) is 5. The number of carbonyl (C=O) groups is 3. The molecule has 0 fully saturated rings. The Morgan fingerprint density at radius 2 is 1.62 bits per heavy atom.